The van der Waals surface area contributed by atoms with Crippen molar-refractivity contribution in [3.05, 3.63) is 97.2 Å². The summed E-state index contributed by atoms with van der Waals surface area (Å²) in [5.41, 5.74) is 0. The molecule has 3 atom stereocenters. The molecule has 488 valence electrons. The molecule has 0 saturated carbocycles. The van der Waals surface area contributed by atoms with Gasteiger partial charge in [-0.1, -0.05) is 336 Å². The van der Waals surface area contributed by atoms with E-state index in [2.05, 4.69) is 116 Å². The van der Waals surface area contributed by atoms with E-state index < -0.39 is 20.0 Å². The fourth-order valence-corrected chi connectivity index (χ4v) is 11.1. The number of aliphatic hydroxyl groups is 1. The lowest BCUT2D eigenvalue weighted by Gasteiger charge is -2.30. The first-order valence-electron chi connectivity index (χ1n) is 35.6. The maximum absolute atomic E-state index is 13.1. The minimum atomic E-state index is -4.59. The van der Waals surface area contributed by atoms with Crippen molar-refractivity contribution in [1.82, 2.24) is 5.32 Å². The Bertz CT molecular complexity index is 1690. The third-order valence-electron chi connectivity index (χ3n) is 15.8. The van der Waals surface area contributed by atoms with Gasteiger partial charge in [0.25, 0.3) is 7.82 Å². The number of nitrogens with one attached hydrogen (secondary N) is 1. The van der Waals surface area contributed by atoms with Crippen molar-refractivity contribution in [1.29, 1.82) is 0 Å². The number of unbranched alkanes of at least 4 members (excludes halogenated alkanes) is 36. The number of hydrogen-bond acceptors (Lipinski definition) is 6. The van der Waals surface area contributed by atoms with Gasteiger partial charge in [-0.3, -0.25) is 9.36 Å². The quantitative estimate of drug-likeness (QED) is 0.0272. The summed E-state index contributed by atoms with van der Waals surface area (Å²) in [7, 11) is 1.29. The lowest BCUT2D eigenvalue weighted by atomic mass is 10.0. The van der Waals surface area contributed by atoms with Crippen LogP contribution in [-0.2, 0) is 18.4 Å². The maximum atomic E-state index is 13.1. The topological polar surface area (TPSA) is 108 Å². The van der Waals surface area contributed by atoms with Crippen molar-refractivity contribution >= 4 is 13.7 Å². The SMILES string of the molecule is CC/C=C\C/C=C\C/C=C\C/C=C\C/C=C\C/C=C\C/C=C\C/C=C\CCCCCCCCC(=O)NC(COP(=O)([O-])OCC[N+](C)(C)C)C(O)CCCCCCCCCCCCCCCCCCCCCCCCCCCCCCCCC. The van der Waals surface area contributed by atoms with Gasteiger partial charge >= 0.3 is 0 Å². The van der Waals surface area contributed by atoms with Gasteiger partial charge in [-0.2, -0.15) is 0 Å². The highest BCUT2D eigenvalue weighted by molar-refractivity contribution is 7.45. The van der Waals surface area contributed by atoms with Crippen molar-refractivity contribution in [2.24, 2.45) is 0 Å². The Balaban J connectivity index is 4.10. The second-order valence-corrected chi connectivity index (χ2v) is 26.6. The molecule has 3 unspecified atom stereocenters. The zero-order valence-electron chi connectivity index (χ0n) is 55.8. The van der Waals surface area contributed by atoms with Crippen LogP contribution in [0.5, 0.6) is 0 Å². The molecule has 0 spiro atoms. The third-order valence-corrected chi connectivity index (χ3v) is 16.8. The zero-order valence-corrected chi connectivity index (χ0v) is 56.7. The summed E-state index contributed by atoms with van der Waals surface area (Å²) < 4.78 is 23.5. The summed E-state index contributed by atoms with van der Waals surface area (Å²) in [4.78, 5) is 25.7. The molecule has 0 aliphatic carbocycles. The Morgan fingerprint density at radius 3 is 1.06 bits per heavy atom. The van der Waals surface area contributed by atoms with Crippen LogP contribution in [0.15, 0.2) is 97.2 Å². The van der Waals surface area contributed by atoms with Gasteiger partial charge in [0.15, 0.2) is 0 Å². The summed E-state index contributed by atoms with van der Waals surface area (Å²) in [6.45, 7) is 4.63. The van der Waals surface area contributed by atoms with Crippen LogP contribution >= 0.6 is 7.82 Å². The predicted octanol–water partition coefficient (Wildman–Crippen LogP) is 22.3. The molecule has 0 saturated heterocycles. The molecular formula is C75H137N2O6P. The van der Waals surface area contributed by atoms with E-state index in [0.29, 0.717) is 23.9 Å². The first-order chi connectivity index (χ1) is 41.0. The van der Waals surface area contributed by atoms with Crippen LogP contribution in [0.25, 0.3) is 0 Å². The fraction of sp³-hybridized carbons (Fsp3) is 0.773. The number of phosphoric acid groups is 1. The lowest BCUT2D eigenvalue weighted by Crippen LogP contribution is -2.46. The number of phosphoric ester groups is 1. The van der Waals surface area contributed by atoms with Crippen molar-refractivity contribution in [3.63, 3.8) is 0 Å². The Morgan fingerprint density at radius 2 is 0.726 bits per heavy atom. The van der Waals surface area contributed by atoms with Crippen LogP contribution in [-0.4, -0.2) is 68.5 Å². The molecule has 1 amide bonds. The van der Waals surface area contributed by atoms with Crippen molar-refractivity contribution in [2.75, 3.05) is 40.9 Å². The van der Waals surface area contributed by atoms with Gasteiger partial charge in [0.1, 0.15) is 13.2 Å². The van der Waals surface area contributed by atoms with Crippen LogP contribution in [0, 0.1) is 0 Å². The first-order valence-corrected chi connectivity index (χ1v) is 37.0. The molecule has 0 aliphatic heterocycles. The van der Waals surface area contributed by atoms with Gasteiger partial charge < -0.3 is 28.8 Å². The van der Waals surface area contributed by atoms with Gasteiger partial charge in [-0.15, -0.1) is 0 Å². The Labute approximate surface area is 521 Å². The molecule has 0 heterocycles. The number of amides is 1. The molecule has 9 heteroatoms. The smallest absolute Gasteiger partial charge is 0.268 e. The molecule has 0 aliphatic rings. The van der Waals surface area contributed by atoms with E-state index in [1.807, 2.05) is 21.1 Å². The normalized spacial score (nSPS) is 14.2. The first kappa shape index (κ1) is 81.4. The fourth-order valence-electron chi connectivity index (χ4n) is 10.4. The van der Waals surface area contributed by atoms with Gasteiger partial charge in [-0.05, 0) is 77.0 Å². The summed E-state index contributed by atoms with van der Waals surface area (Å²) in [5, 5.41) is 14.1. The highest BCUT2D eigenvalue weighted by atomic mass is 31.2. The third kappa shape index (κ3) is 66.9. The van der Waals surface area contributed by atoms with Gasteiger partial charge in [0.05, 0.1) is 39.9 Å². The van der Waals surface area contributed by atoms with E-state index in [9.17, 15) is 19.4 Å². The van der Waals surface area contributed by atoms with Crippen LogP contribution in [0.4, 0.5) is 0 Å². The lowest BCUT2D eigenvalue weighted by molar-refractivity contribution is -0.870. The Hall–Kier alpha value is -2.58. The van der Waals surface area contributed by atoms with Crippen LogP contribution in [0.1, 0.15) is 322 Å². The molecule has 0 radical (unpaired) electrons. The summed E-state index contributed by atoms with van der Waals surface area (Å²) >= 11 is 0. The second-order valence-electron chi connectivity index (χ2n) is 25.2. The molecule has 0 aromatic carbocycles. The van der Waals surface area contributed by atoms with Crippen LogP contribution < -0.4 is 10.2 Å². The second kappa shape index (κ2) is 64.9. The number of carbonyl (C=O) groups excluding carboxylic acids is 1. The van der Waals surface area contributed by atoms with E-state index in [1.54, 1.807) is 0 Å². The molecule has 0 rings (SSSR count). The van der Waals surface area contributed by atoms with Crippen molar-refractivity contribution in [2.45, 2.75) is 334 Å². The van der Waals surface area contributed by atoms with Crippen molar-refractivity contribution < 1.29 is 32.9 Å². The average molecular weight is 1190 g/mol. The molecule has 0 aromatic rings. The number of rotatable bonds is 65. The van der Waals surface area contributed by atoms with Crippen molar-refractivity contribution in [3.8, 4) is 0 Å². The van der Waals surface area contributed by atoms with E-state index in [1.165, 1.54) is 193 Å². The minimum Gasteiger partial charge on any atom is -0.756 e. The van der Waals surface area contributed by atoms with Gasteiger partial charge in [-0.25, -0.2) is 0 Å². The average Bonchev–Trinajstić information content (AvgIpc) is 3.56. The number of quaternary nitrogens is 1. The monoisotopic (exact) mass is 1190 g/mol. The van der Waals surface area contributed by atoms with Crippen LogP contribution in [0.2, 0.25) is 0 Å². The Morgan fingerprint density at radius 1 is 0.429 bits per heavy atom. The molecule has 8 nitrogen and oxygen atoms in total. The predicted molar refractivity (Wildman–Crippen MR) is 366 cm³/mol. The largest absolute Gasteiger partial charge is 0.756 e. The number of nitrogens with zero attached hydrogens (tertiary/aromatic N) is 1. The highest BCUT2D eigenvalue weighted by Crippen LogP contribution is 2.38. The number of allylic oxidation sites excluding steroid dienone is 16. The summed E-state index contributed by atoms with van der Waals surface area (Å²) in [6, 6.07) is -0.818. The number of aliphatic hydroxyl groups excluding tert-OH is 1. The highest BCUT2D eigenvalue weighted by Gasteiger charge is 2.24. The number of hydrogen-bond donors (Lipinski definition) is 2. The number of likely N-dealkylation sites (N-methyl/N-ethyl adjacent to an activating group) is 1. The zero-order chi connectivity index (χ0) is 61.2. The maximum Gasteiger partial charge on any atom is 0.268 e. The van der Waals surface area contributed by atoms with E-state index in [4.69, 9.17) is 9.05 Å². The minimum absolute atomic E-state index is 0.00464. The summed E-state index contributed by atoms with van der Waals surface area (Å²) in [6.07, 6.45) is 93.4. The molecule has 84 heavy (non-hydrogen) atoms. The molecular weight excluding hydrogens is 1060 g/mol. The summed E-state index contributed by atoms with van der Waals surface area (Å²) in [5.74, 6) is -0.179. The van der Waals surface area contributed by atoms with Gasteiger partial charge in [0, 0.05) is 6.42 Å². The van der Waals surface area contributed by atoms with E-state index in [0.717, 1.165) is 103 Å². The molecule has 0 fully saturated rings. The standard InChI is InChI=1S/C75H137N2O6P/c1-6-8-10-12-14-16-18-20-22-24-26-28-30-32-34-36-38-40-42-44-46-48-50-52-54-56-58-60-62-64-66-68-74(78)73(72-83-84(80,81)82-71-70-77(3,4)5)76-75(79)69-67-65-63-61-59-57-55-53-51-49-47-45-43-41-39-37-35-33-31-29-27-25-23-21-19-17-15-13-11-9-7-2/h9,11,15,17,21,23,27,29,33,35,39,41,45,47,51,53,73-74,78H,6-8,10,12-14,16,18-20,22,24-26,28,30-32,34,36-38,40,42-44,46,48-50,52,54-72H2,1-5H3,(H-,76,79,80,81)/b11-9-,17-15-,23-21-,29-27-,35-33-,41-39-,47-45-,53-51-. The number of carbonyl (C=O) groups is 1. The van der Waals surface area contributed by atoms with E-state index >= 15 is 0 Å². The Kier molecular flexibility index (Phi) is 62.9. The van der Waals surface area contributed by atoms with Gasteiger partial charge in [0.2, 0.25) is 5.91 Å². The van der Waals surface area contributed by atoms with Crippen LogP contribution in [0.3, 0.4) is 0 Å². The molecule has 0 bridgehead atoms. The van der Waals surface area contributed by atoms with E-state index in [-0.39, 0.29) is 19.1 Å². The molecule has 0 aromatic heterocycles. The molecule has 2 N–H and O–H groups in total.